The Morgan fingerprint density at radius 2 is 2.17 bits per heavy atom. The first-order valence-corrected chi connectivity index (χ1v) is 8.19. The standard InChI is InChI=1S/C17H25F2N3O2/c1-21(2)14-7-5-11-22(12-14)17(23)20-10-9-13-6-3-4-8-15(13)24-16(18)19/h3-4,6,8,14,16H,5,7,9-12H2,1-2H3,(H,20,23). The summed E-state index contributed by atoms with van der Waals surface area (Å²) in [5.74, 6) is 0.160. The zero-order valence-electron chi connectivity index (χ0n) is 14.2. The summed E-state index contributed by atoms with van der Waals surface area (Å²) in [5, 5.41) is 2.87. The molecule has 0 saturated carbocycles. The van der Waals surface area contributed by atoms with Gasteiger partial charge < -0.3 is 19.9 Å². The van der Waals surface area contributed by atoms with Crippen LogP contribution in [0.1, 0.15) is 18.4 Å². The third-order valence-corrected chi connectivity index (χ3v) is 4.27. The Hall–Kier alpha value is -1.89. The van der Waals surface area contributed by atoms with Crippen LogP contribution in [0.25, 0.3) is 0 Å². The minimum atomic E-state index is -2.85. The van der Waals surface area contributed by atoms with Gasteiger partial charge in [-0.25, -0.2) is 4.79 Å². The van der Waals surface area contributed by atoms with Gasteiger partial charge in [0.05, 0.1) is 0 Å². The van der Waals surface area contributed by atoms with Gasteiger partial charge in [0.2, 0.25) is 0 Å². The van der Waals surface area contributed by atoms with E-state index in [0.29, 0.717) is 31.1 Å². The second kappa shape index (κ2) is 8.82. The van der Waals surface area contributed by atoms with Crippen molar-refractivity contribution in [3.05, 3.63) is 29.8 Å². The van der Waals surface area contributed by atoms with E-state index in [1.165, 1.54) is 6.07 Å². The van der Waals surface area contributed by atoms with Crippen LogP contribution >= 0.6 is 0 Å². The summed E-state index contributed by atoms with van der Waals surface area (Å²) in [4.78, 5) is 16.2. The van der Waals surface area contributed by atoms with Crippen LogP contribution in [0.15, 0.2) is 24.3 Å². The molecule has 24 heavy (non-hydrogen) atoms. The van der Waals surface area contributed by atoms with Crippen LogP contribution in [0.5, 0.6) is 5.75 Å². The fourth-order valence-electron chi connectivity index (χ4n) is 2.90. The van der Waals surface area contributed by atoms with E-state index < -0.39 is 6.61 Å². The van der Waals surface area contributed by atoms with Crippen molar-refractivity contribution in [3.63, 3.8) is 0 Å². The summed E-state index contributed by atoms with van der Waals surface area (Å²) in [6.07, 6.45) is 2.52. The van der Waals surface area contributed by atoms with Gasteiger partial charge in [0, 0.05) is 25.7 Å². The highest BCUT2D eigenvalue weighted by Gasteiger charge is 2.24. The van der Waals surface area contributed by atoms with E-state index in [2.05, 4.69) is 15.0 Å². The van der Waals surface area contributed by atoms with E-state index in [1.807, 2.05) is 19.0 Å². The van der Waals surface area contributed by atoms with Gasteiger partial charge in [-0.3, -0.25) is 0 Å². The number of urea groups is 1. The Kier molecular flexibility index (Phi) is 6.78. The molecule has 5 nitrogen and oxygen atoms in total. The molecule has 0 aromatic heterocycles. The predicted octanol–water partition coefficient (Wildman–Crippen LogP) is 2.57. The van der Waals surface area contributed by atoms with Crippen LogP contribution in [0.3, 0.4) is 0 Å². The molecule has 1 aromatic carbocycles. The number of nitrogens with one attached hydrogen (secondary N) is 1. The Morgan fingerprint density at radius 3 is 2.88 bits per heavy atom. The first kappa shape index (κ1) is 18.4. The van der Waals surface area contributed by atoms with Crippen molar-refractivity contribution in [2.24, 2.45) is 0 Å². The molecule has 0 spiro atoms. The monoisotopic (exact) mass is 341 g/mol. The summed E-state index contributed by atoms with van der Waals surface area (Å²) >= 11 is 0. The zero-order valence-corrected chi connectivity index (χ0v) is 14.2. The molecule has 1 aromatic rings. The lowest BCUT2D eigenvalue weighted by Gasteiger charge is -2.36. The maximum Gasteiger partial charge on any atom is 0.387 e. The molecule has 1 aliphatic rings. The normalized spacial score (nSPS) is 18.1. The topological polar surface area (TPSA) is 44.8 Å². The van der Waals surface area contributed by atoms with Gasteiger partial charge in [-0.05, 0) is 45.0 Å². The molecular formula is C17H25F2N3O2. The summed E-state index contributed by atoms with van der Waals surface area (Å²) in [5.41, 5.74) is 0.655. The Bertz CT molecular complexity index is 540. The van der Waals surface area contributed by atoms with Crippen molar-refractivity contribution in [2.45, 2.75) is 31.9 Å². The van der Waals surface area contributed by atoms with E-state index in [0.717, 1.165) is 19.4 Å². The van der Waals surface area contributed by atoms with Gasteiger partial charge in [-0.1, -0.05) is 18.2 Å². The van der Waals surface area contributed by atoms with E-state index in [9.17, 15) is 13.6 Å². The molecule has 134 valence electrons. The number of rotatable bonds is 6. The molecule has 1 unspecified atom stereocenters. The van der Waals surface area contributed by atoms with Crippen molar-refractivity contribution in [1.82, 2.24) is 15.1 Å². The third-order valence-electron chi connectivity index (χ3n) is 4.27. The summed E-state index contributed by atoms with van der Waals surface area (Å²) in [6.45, 7) is -1.01. The number of halogens is 2. The number of carbonyl (C=O) groups excluding carboxylic acids is 1. The lowest BCUT2D eigenvalue weighted by Crippen LogP contribution is -2.50. The van der Waals surface area contributed by atoms with Crippen molar-refractivity contribution < 1.29 is 18.3 Å². The van der Waals surface area contributed by atoms with E-state index in [1.54, 1.807) is 18.2 Å². The van der Waals surface area contributed by atoms with Crippen molar-refractivity contribution in [2.75, 3.05) is 33.7 Å². The average molecular weight is 341 g/mol. The van der Waals surface area contributed by atoms with Crippen LogP contribution in [-0.4, -0.2) is 62.2 Å². The Balaban J connectivity index is 1.82. The molecule has 1 aliphatic heterocycles. The SMILES string of the molecule is CN(C)C1CCCN(C(=O)NCCc2ccccc2OC(F)F)C1. The number of carbonyl (C=O) groups is 1. The smallest absolute Gasteiger partial charge is 0.387 e. The van der Waals surface area contributed by atoms with Gasteiger partial charge in [0.1, 0.15) is 5.75 Å². The van der Waals surface area contributed by atoms with Crippen LogP contribution in [0, 0.1) is 0 Å². The maximum atomic E-state index is 12.4. The molecule has 1 saturated heterocycles. The minimum Gasteiger partial charge on any atom is -0.435 e. The van der Waals surface area contributed by atoms with Crippen molar-refractivity contribution in [3.8, 4) is 5.75 Å². The largest absolute Gasteiger partial charge is 0.435 e. The number of likely N-dealkylation sites (tertiary alicyclic amines) is 1. The third kappa shape index (κ3) is 5.33. The molecule has 0 aliphatic carbocycles. The number of hydrogen-bond acceptors (Lipinski definition) is 3. The molecule has 0 bridgehead atoms. The second-order valence-corrected chi connectivity index (χ2v) is 6.17. The van der Waals surface area contributed by atoms with Gasteiger partial charge >= 0.3 is 12.6 Å². The molecule has 0 radical (unpaired) electrons. The van der Waals surface area contributed by atoms with E-state index in [-0.39, 0.29) is 11.8 Å². The summed E-state index contributed by atoms with van der Waals surface area (Å²) < 4.78 is 29.3. The number of alkyl halides is 2. The predicted molar refractivity (Wildman–Crippen MR) is 88.5 cm³/mol. The number of nitrogens with zero attached hydrogens (tertiary/aromatic N) is 2. The highest BCUT2D eigenvalue weighted by molar-refractivity contribution is 5.74. The number of hydrogen-bond donors (Lipinski definition) is 1. The first-order valence-electron chi connectivity index (χ1n) is 8.19. The maximum absolute atomic E-state index is 12.4. The van der Waals surface area contributed by atoms with E-state index in [4.69, 9.17) is 0 Å². The Morgan fingerprint density at radius 1 is 1.42 bits per heavy atom. The van der Waals surface area contributed by atoms with Gasteiger partial charge in [-0.2, -0.15) is 8.78 Å². The second-order valence-electron chi connectivity index (χ2n) is 6.17. The molecule has 1 fully saturated rings. The van der Waals surface area contributed by atoms with Gasteiger partial charge in [0.15, 0.2) is 0 Å². The van der Waals surface area contributed by atoms with Crippen LogP contribution in [0.4, 0.5) is 13.6 Å². The number of likely N-dealkylation sites (N-methyl/N-ethyl adjacent to an activating group) is 1. The van der Waals surface area contributed by atoms with Crippen molar-refractivity contribution >= 4 is 6.03 Å². The molecule has 7 heteroatoms. The quantitative estimate of drug-likeness (QED) is 0.865. The lowest BCUT2D eigenvalue weighted by atomic mass is 10.1. The number of benzene rings is 1. The van der Waals surface area contributed by atoms with Crippen molar-refractivity contribution in [1.29, 1.82) is 0 Å². The molecule has 2 rings (SSSR count). The molecule has 1 N–H and O–H groups in total. The van der Waals surface area contributed by atoms with Crippen LogP contribution in [-0.2, 0) is 6.42 Å². The minimum absolute atomic E-state index is 0.103. The molecular weight excluding hydrogens is 316 g/mol. The fourth-order valence-corrected chi connectivity index (χ4v) is 2.90. The zero-order chi connectivity index (χ0) is 17.5. The highest BCUT2D eigenvalue weighted by Crippen LogP contribution is 2.20. The number of amides is 2. The molecule has 1 atom stereocenters. The highest BCUT2D eigenvalue weighted by atomic mass is 19.3. The summed E-state index contributed by atoms with van der Waals surface area (Å²) in [7, 11) is 4.04. The fraction of sp³-hybridized carbons (Fsp3) is 0.588. The number of para-hydroxylation sites is 1. The number of piperidine rings is 1. The molecule has 2 amide bonds. The van der Waals surface area contributed by atoms with Gasteiger partial charge in [-0.15, -0.1) is 0 Å². The lowest BCUT2D eigenvalue weighted by molar-refractivity contribution is -0.0504. The summed E-state index contributed by atoms with van der Waals surface area (Å²) in [6, 6.07) is 6.93. The first-order chi connectivity index (χ1) is 11.5. The van der Waals surface area contributed by atoms with Crippen LogP contribution in [0.2, 0.25) is 0 Å². The molecule has 1 heterocycles. The van der Waals surface area contributed by atoms with E-state index >= 15 is 0 Å². The van der Waals surface area contributed by atoms with Gasteiger partial charge in [0.25, 0.3) is 0 Å². The average Bonchev–Trinajstić information content (AvgIpc) is 2.56. The van der Waals surface area contributed by atoms with Crippen LogP contribution < -0.4 is 10.1 Å². The number of ether oxygens (including phenoxy) is 1. The Labute approximate surface area is 141 Å².